The van der Waals surface area contributed by atoms with E-state index in [1.165, 1.54) is 18.4 Å². The van der Waals surface area contributed by atoms with Gasteiger partial charge in [0.1, 0.15) is 0 Å². The van der Waals surface area contributed by atoms with Crippen LogP contribution in [0.15, 0.2) is 11.6 Å². The van der Waals surface area contributed by atoms with Crippen molar-refractivity contribution >= 4 is 12.6 Å². The van der Waals surface area contributed by atoms with Gasteiger partial charge in [0, 0.05) is 5.25 Å². The summed E-state index contributed by atoms with van der Waals surface area (Å²) >= 11 is 4.61. The SMILES string of the molecule is CC1=CC[C@H](C(C)C)[C@H](S)C1. The highest BCUT2D eigenvalue weighted by atomic mass is 32.1. The van der Waals surface area contributed by atoms with Crippen LogP contribution in [0.4, 0.5) is 0 Å². The minimum Gasteiger partial charge on any atom is -0.175 e. The molecule has 0 N–H and O–H groups in total. The summed E-state index contributed by atoms with van der Waals surface area (Å²) in [5.74, 6) is 1.57. The predicted molar refractivity (Wildman–Crippen MR) is 54.1 cm³/mol. The van der Waals surface area contributed by atoms with Gasteiger partial charge in [-0.25, -0.2) is 0 Å². The average Bonchev–Trinajstić information content (AvgIpc) is 1.85. The quantitative estimate of drug-likeness (QED) is 0.453. The first kappa shape index (κ1) is 9.18. The molecule has 1 aliphatic carbocycles. The molecule has 0 aromatic heterocycles. The van der Waals surface area contributed by atoms with Crippen LogP contribution >= 0.6 is 12.6 Å². The molecular formula is C10H18S. The number of hydrogen-bond donors (Lipinski definition) is 1. The molecule has 0 unspecified atom stereocenters. The summed E-state index contributed by atoms with van der Waals surface area (Å²) in [6, 6.07) is 0. The molecule has 0 saturated heterocycles. The lowest BCUT2D eigenvalue weighted by atomic mass is 9.82. The van der Waals surface area contributed by atoms with Crippen molar-refractivity contribution in [1.29, 1.82) is 0 Å². The highest BCUT2D eigenvalue weighted by Gasteiger charge is 2.23. The van der Waals surface area contributed by atoms with E-state index < -0.39 is 0 Å². The van der Waals surface area contributed by atoms with Crippen molar-refractivity contribution in [2.45, 2.75) is 38.9 Å². The molecule has 64 valence electrons. The highest BCUT2D eigenvalue weighted by Crippen LogP contribution is 2.32. The van der Waals surface area contributed by atoms with Gasteiger partial charge >= 0.3 is 0 Å². The molecule has 0 aliphatic heterocycles. The summed E-state index contributed by atoms with van der Waals surface area (Å²) in [5, 5.41) is 0.597. The molecule has 11 heavy (non-hydrogen) atoms. The van der Waals surface area contributed by atoms with E-state index >= 15 is 0 Å². The van der Waals surface area contributed by atoms with Crippen LogP contribution in [0.1, 0.15) is 33.6 Å². The van der Waals surface area contributed by atoms with Crippen molar-refractivity contribution < 1.29 is 0 Å². The Morgan fingerprint density at radius 2 is 2.18 bits per heavy atom. The van der Waals surface area contributed by atoms with Crippen LogP contribution in [0.3, 0.4) is 0 Å². The maximum absolute atomic E-state index is 4.61. The molecule has 0 spiro atoms. The van der Waals surface area contributed by atoms with E-state index in [1.807, 2.05) is 0 Å². The standard InChI is InChI=1S/C10H18S/c1-7(2)9-5-4-8(3)6-10(9)11/h4,7,9-11H,5-6H2,1-3H3/t9-,10-/m1/s1. The second-order valence-corrected chi connectivity index (χ2v) is 4.63. The van der Waals surface area contributed by atoms with E-state index in [9.17, 15) is 0 Å². The lowest BCUT2D eigenvalue weighted by Crippen LogP contribution is -2.23. The number of hydrogen-bond acceptors (Lipinski definition) is 1. The third-order valence-corrected chi connectivity index (χ3v) is 3.19. The van der Waals surface area contributed by atoms with Gasteiger partial charge in [-0.05, 0) is 31.6 Å². The normalized spacial score (nSPS) is 32.3. The molecule has 2 atom stereocenters. The number of thiol groups is 1. The highest BCUT2D eigenvalue weighted by molar-refractivity contribution is 7.81. The summed E-state index contributed by atoms with van der Waals surface area (Å²) in [7, 11) is 0. The van der Waals surface area contributed by atoms with Crippen LogP contribution in [-0.2, 0) is 0 Å². The second kappa shape index (κ2) is 3.66. The Hall–Kier alpha value is 0.0900. The first-order valence-electron chi connectivity index (χ1n) is 4.45. The van der Waals surface area contributed by atoms with Crippen LogP contribution in [0.2, 0.25) is 0 Å². The fourth-order valence-corrected chi connectivity index (χ4v) is 2.53. The van der Waals surface area contributed by atoms with Gasteiger partial charge in [-0.3, -0.25) is 0 Å². The Morgan fingerprint density at radius 3 is 2.64 bits per heavy atom. The molecule has 1 rings (SSSR count). The molecule has 0 aromatic carbocycles. The van der Waals surface area contributed by atoms with Crippen molar-refractivity contribution in [3.63, 3.8) is 0 Å². The molecule has 0 amide bonds. The molecule has 1 heteroatoms. The molecule has 0 heterocycles. The van der Waals surface area contributed by atoms with E-state index in [0.717, 1.165) is 11.8 Å². The maximum atomic E-state index is 4.61. The Kier molecular flexibility index (Phi) is 3.06. The largest absolute Gasteiger partial charge is 0.175 e. The van der Waals surface area contributed by atoms with Gasteiger partial charge in [-0.1, -0.05) is 25.5 Å². The summed E-state index contributed by atoms with van der Waals surface area (Å²) in [4.78, 5) is 0. The van der Waals surface area contributed by atoms with Crippen molar-refractivity contribution in [3.8, 4) is 0 Å². The summed E-state index contributed by atoms with van der Waals surface area (Å²) in [6.45, 7) is 6.80. The van der Waals surface area contributed by atoms with Crippen LogP contribution in [0.5, 0.6) is 0 Å². The van der Waals surface area contributed by atoms with Crippen molar-refractivity contribution in [3.05, 3.63) is 11.6 Å². The van der Waals surface area contributed by atoms with Gasteiger partial charge in [0.15, 0.2) is 0 Å². The average molecular weight is 170 g/mol. The third-order valence-electron chi connectivity index (χ3n) is 2.62. The second-order valence-electron chi connectivity index (χ2n) is 3.97. The van der Waals surface area contributed by atoms with Crippen LogP contribution in [0, 0.1) is 11.8 Å². The van der Waals surface area contributed by atoms with Gasteiger partial charge in [0.25, 0.3) is 0 Å². The van der Waals surface area contributed by atoms with E-state index in [1.54, 1.807) is 0 Å². The lowest BCUT2D eigenvalue weighted by molar-refractivity contribution is 0.362. The zero-order valence-corrected chi connectivity index (χ0v) is 8.57. The van der Waals surface area contributed by atoms with Gasteiger partial charge in [-0.2, -0.15) is 12.6 Å². The summed E-state index contributed by atoms with van der Waals surface area (Å²) < 4.78 is 0. The molecule has 0 saturated carbocycles. The minimum absolute atomic E-state index is 0.597. The maximum Gasteiger partial charge on any atom is 0.00875 e. The molecule has 1 aliphatic rings. The number of rotatable bonds is 1. The fourth-order valence-electron chi connectivity index (χ4n) is 1.78. The smallest absolute Gasteiger partial charge is 0.00875 e. The molecule has 0 nitrogen and oxygen atoms in total. The minimum atomic E-state index is 0.597. The Bertz CT molecular complexity index is 158. The monoisotopic (exact) mass is 170 g/mol. The lowest BCUT2D eigenvalue weighted by Gasteiger charge is -2.29. The van der Waals surface area contributed by atoms with E-state index in [4.69, 9.17) is 0 Å². The van der Waals surface area contributed by atoms with Crippen molar-refractivity contribution in [1.82, 2.24) is 0 Å². The Morgan fingerprint density at radius 1 is 1.55 bits per heavy atom. The fraction of sp³-hybridized carbons (Fsp3) is 0.800. The summed E-state index contributed by atoms with van der Waals surface area (Å²) in [6.07, 6.45) is 4.79. The molecule has 0 aromatic rings. The van der Waals surface area contributed by atoms with Gasteiger partial charge in [0.2, 0.25) is 0 Å². The van der Waals surface area contributed by atoms with E-state index in [0.29, 0.717) is 5.25 Å². The zero-order chi connectivity index (χ0) is 8.43. The van der Waals surface area contributed by atoms with Crippen LogP contribution < -0.4 is 0 Å². The van der Waals surface area contributed by atoms with Crippen molar-refractivity contribution in [2.75, 3.05) is 0 Å². The van der Waals surface area contributed by atoms with E-state index in [-0.39, 0.29) is 0 Å². The molecule has 0 radical (unpaired) electrons. The van der Waals surface area contributed by atoms with Gasteiger partial charge in [-0.15, -0.1) is 0 Å². The molecule has 0 bridgehead atoms. The Balaban J connectivity index is 2.58. The van der Waals surface area contributed by atoms with Gasteiger partial charge in [0.05, 0.1) is 0 Å². The zero-order valence-electron chi connectivity index (χ0n) is 7.67. The molecular weight excluding hydrogens is 152 g/mol. The van der Waals surface area contributed by atoms with Crippen LogP contribution in [-0.4, -0.2) is 5.25 Å². The summed E-state index contributed by atoms with van der Waals surface area (Å²) in [5.41, 5.74) is 1.52. The van der Waals surface area contributed by atoms with E-state index in [2.05, 4.69) is 39.5 Å². The predicted octanol–water partition coefficient (Wildman–Crippen LogP) is 3.30. The van der Waals surface area contributed by atoms with Crippen molar-refractivity contribution in [2.24, 2.45) is 11.8 Å². The van der Waals surface area contributed by atoms with Gasteiger partial charge < -0.3 is 0 Å². The molecule has 0 fully saturated rings. The number of allylic oxidation sites excluding steroid dienone is 2. The van der Waals surface area contributed by atoms with Crippen LogP contribution in [0.25, 0.3) is 0 Å². The first-order valence-corrected chi connectivity index (χ1v) is 4.96. The topological polar surface area (TPSA) is 0 Å². The Labute approximate surface area is 75.5 Å². The third kappa shape index (κ3) is 2.26. The first-order chi connectivity index (χ1) is 5.11.